The molecule has 0 aliphatic heterocycles. The molecule has 4 nitrogen and oxygen atoms in total. The maximum atomic E-state index is 7.70. The molecule has 0 atom stereocenters. The molecule has 0 unspecified atom stereocenters. The van der Waals surface area contributed by atoms with Crippen LogP contribution < -0.4 is 10.6 Å². The van der Waals surface area contributed by atoms with E-state index in [4.69, 9.17) is 17.0 Å². The Morgan fingerprint density at radius 3 is 2.43 bits per heavy atom. The van der Waals surface area contributed by atoms with E-state index in [-0.39, 0.29) is 5.96 Å². The lowest BCUT2D eigenvalue weighted by Crippen LogP contribution is -2.31. The van der Waals surface area contributed by atoms with Crippen LogP contribution in [0.4, 0.5) is 5.69 Å². The average Bonchev–Trinajstić information content (AvgIpc) is 3.19. The summed E-state index contributed by atoms with van der Waals surface area (Å²) in [6.07, 6.45) is 1.74. The molecule has 3 N–H and O–H groups in total. The molecule has 0 radical (unpaired) electrons. The van der Waals surface area contributed by atoms with Crippen LogP contribution >= 0.6 is 11.6 Å². The van der Waals surface area contributed by atoms with E-state index >= 15 is 0 Å². The molecule has 1 aromatic heterocycles. The number of fused-ring (bicyclic) bond motifs is 2. The molecule has 0 bridgehead atoms. The van der Waals surface area contributed by atoms with Gasteiger partial charge in [-0.1, -0.05) is 36.4 Å². The molecule has 2 aliphatic carbocycles. The van der Waals surface area contributed by atoms with E-state index in [1.807, 2.05) is 30.3 Å². The van der Waals surface area contributed by atoms with Crippen molar-refractivity contribution in [1.82, 2.24) is 10.3 Å². The molecule has 1 aromatic carbocycles. The van der Waals surface area contributed by atoms with E-state index < -0.39 is 0 Å². The number of aromatic nitrogens is 1. The first-order valence-corrected chi connectivity index (χ1v) is 7.91. The van der Waals surface area contributed by atoms with Crippen molar-refractivity contribution < 1.29 is 0 Å². The zero-order chi connectivity index (χ0) is 16.1. The monoisotopic (exact) mass is 324 g/mol. The third kappa shape index (κ3) is 3.99. The number of rotatable bonds is 3. The van der Waals surface area contributed by atoms with Crippen LogP contribution in [0.3, 0.4) is 0 Å². The smallest absolute Gasteiger partial charge is 0.193 e. The van der Waals surface area contributed by atoms with Crippen molar-refractivity contribution in [1.29, 1.82) is 5.41 Å². The first kappa shape index (κ1) is 15.3. The summed E-state index contributed by atoms with van der Waals surface area (Å²) in [6, 6.07) is 18.2. The predicted molar refractivity (Wildman–Crippen MR) is 97.3 cm³/mol. The van der Waals surface area contributed by atoms with E-state index in [1.165, 1.54) is 11.1 Å². The largest absolute Gasteiger partial charge is 0.355 e. The fraction of sp³-hybridized carbons (Fsp3) is 0.111. The molecule has 0 spiro atoms. The maximum absolute atomic E-state index is 7.70. The fourth-order valence-electron chi connectivity index (χ4n) is 2.23. The highest BCUT2D eigenvalue weighted by atomic mass is 35.5. The Hall–Kier alpha value is -2.59. The Balaban J connectivity index is 0.000000213. The molecule has 116 valence electrons. The number of nitrogens with zero attached hydrogens (tertiary/aromatic N) is 1. The van der Waals surface area contributed by atoms with E-state index in [0.29, 0.717) is 12.4 Å². The molecular formula is C18H17ClN4. The highest BCUT2D eigenvalue weighted by Crippen LogP contribution is 2.32. The SMILES string of the molecule is N=C(NCCCl)Nc1cccc2cccnc12.c1cc2cc-2c1. The Kier molecular flexibility index (Phi) is 4.74. The van der Waals surface area contributed by atoms with Gasteiger partial charge in [-0.25, -0.2) is 0 Å². The van der Waals surface area contributed by atoms with Gasteiger partial charge < -0.3 is 10.6 Å². The molecule has 2 aliphatic rings. The van der Waals surface area contributed by atoms with Crippen molar-refractivity contribution in [2.24, 2.45) is 0 Å². The number of anilines is 1. The summed E-state index contributed by atoms with van der Waals surface area (Å²) in [6.45, 7) is 0.561. The van der Waals surface area contributed by atoms with E-state index in [2.05, 4.69) is 39.9 Å². The Labute approximate surface area is 140 Å². The lowest BCUT2D eigenvalue weighted by Gasteiger charge is -2.10. The van der Waals surface area contributed by atoms with Crippen molar-refractivity contribution >= 4 is 34.2 Å². The van der Waals surface area contributed by atoms with E-state index in [0.717, 1.165) is 16.6 Å². The van der Waals surface area contributed by atoms with Crippen LogP contribution in [0.5, 0.6) is 0 Å². The zero-order valence-electron chi connectivity index (χ0n) is 12.5. The minimum atomic E-state index is 0.226. The van der Waals surface area contributed by atoms with Crippen LogP contribution in [0, 0.1) is 5.41 Å². The van der Waals surface area contributed by atoms with Crippen molar-refractivity contribution in [2.45, 2.75) is 0 Å². The number of hydrogen-bond acceptors (Lipinski definition) is 2. The molecule has 1 heterocycles. The maximum Gasteiger partial charge on any atom is 0.193 e. The summed E-state index contributed by atoms with van der Waals surface area (Å²) in [7, 11) is 0. The van der Waals surface area contributed by atoms with E-state index in [9.17, 15) is 0 Å². The van der Waals surface area contributed by atoms with Gasteiger partial charge in [-0.3, -0.25) is 10.4 Å². The summed E-state index contributed by atoms with van der Waals surface area (Å²) in [5.41, 5.74) is 4.52. The van der Waals surface area contributed by atoms with Crippen LogP contribution in [-0.4, -0.2) is 23.4 Å². The van der Waals surface area contributed by atoms with Gasteiger partial charge in [0.15, 0.2) is 5.96 Å². The Morgan fingerprint density at radius 1 is 1.04 bits per heavy atom. The first-order valence-electron chi connectivity index (χ1n) is 7.37. The highest BCUT2D eigenvalue weighted by Gasteiger charge is 2.07. The van der Waals surface area contributed by atoms with Gasteiger partial charge in [-0.05, 0) is 29.3 Å². The number of halogens is 1. The van der Waals surface area contributed by atoms with Gasteiger partial charge in [-0.2, -0.15) is 0 Å². The molecule has 23 heavy (non-hydrogen) atoms. The number of hydrogen-bond donors (Lipinski definition) is 3. The highest BCUT2D eigenvalue weighted by molar-refractivity contribution is 6.18. The normalized spacial score (nSPS) is 10.5. The minimum Gasteiger partial charge on any atom is -0.355 e. The second-order valence-corrected chi connectivity index (χ2v) is 5.46. The van der Waals surface area contributed by atoms with E-state index in [1.54, 1.807) is 6.20 Å². The third-order valence-corrected chi connectivity index (χ3v) is 3.59. The number of nitrogens with one attached hydrogen (secondary N) is 3. The summed E-state index contributed by atoms with van der Waals surface area (Å²) in [5.74, 6) is 0.696. The zero-order valence-corrected chi connectivity index (χ0v) is 13.3. The quantitative estimate of drug-likeness (QED) is 0.302. The number of alkyl halides is 1. The lowest BCUT2D eigenvalue weighted by atomic mass is 10.2. The van der Waals surface area contributed by atoms with Crippen molar-refractivity contribution in [3.05, 3.63) is 60.8 Å². The molecule has 4 rings (SSSR count). The van der Waals surface area contributed by atoms with Crippen LogP contribution in [0.25, 0.3) is 22.0 Å². The average molecular weight is 325 g/mol. The second kappa shape index (κ2) is 7.11. The van der Waals surface area contributed by atoms with Gasteiger partial charge in [0.05, 0.1) is 11.2 Å². The van der Waals surface area contributed by atoms with Crippen LogP contribution in [-0.2, 0) is 0 Å². The van der Waals surface area contributed by atoms with Crippen LogP contribution in [0.15, 0.2) is 60.8 Å². The van der Waals surface area contributed by atoms with Gasteiger partial charge >= 0.3 is 0 Å². The summed E-state index contributed by atoms with van der Waals surface area (Å²) >= 11 is 5.54. The van der Waals surface area contributed by atoms with Gasteiger partial charge in [0, 0.05) is 24.0 Å². The minimum absolute atomic E-state index is 0.226. The Morgan fingerprint density at radius 2 is 1.78 bits per heavy atom. The number of benzene rings is 2. The second-order valence-electron chi connectivity index (χ2n) is 5.08. The third-order valence-electron chi connectivity index (χ3n) is 3.40. The molecule has 0 saturated heterocycles. The molecule has 5 heteroatoms. The van der Waals surface area contributed by atoms with Gasteiger partial charge in [0.2, 0.25) is 0 Å². The van der Waals surface area contributed by atoms with Crippen LogP contribution in [0.1, 0.15) is 0 Å². The van der Waals surface area contributed by atoms with Crippen molar-refractivity contribution in [2.75, 3.05) is 17.7 Å². The first-order chi connectivity index (χ1) is 11.3. The van der Waals surface area contributed by atoms with Gasteiger partial charge in [0.1, 0.15) is 0 Å². The number of pyridine rings is 1. The van der Waals surface area contributed by atoms with Gasteiger partial charge in [0.25, 0.3) is 0 Å². The standard InChI is InChI=1S/C12H13ClN4.C6H4/c13-6-8-16-12(14)17-10-5-1-3-9-4-2-7-15-11(9)10;1-2-5-4-6(5)3-1/h1-5,7H,6,8H2,(H3,14,16,17);1-4H. The molecule has 0 saturated carbocycles. The summed E-state index contributed by atoms with van der Waals surface area (Å²) in [4.78, 5) is 4.30. The van der Waals surface area contributed by atoms with Crippen LogP contribution in [0.2, 0.25) is 0 Å². The molecule has 0 fully saturated rings. The molecule has 0 amide bonds. The molecular weight excluding hydrogens is 308 g/mol. The topological polar surface area (TPSA) is 60.8 Å². The lowest BCUT2D eigenvalue weighted by molar-refractivity contribution is 0.960. The number of para-hydroxylation sites is 1. The summed E-state index contributed by atoms with van der Waals surface area (Å²) in [5, 5.41) is 14.6. The van der Waals surface area contributed by atoms with Gasteiger partial charge in [-0.15, -0.1) is 11.6 Å². The van der Waals surface area contributed by atoms with Crippen molar-refractivity contribution in [3.8, 4) is 11.1 Å². The predicted octanol–water partition coefficient (Wildman–Crippen LogP) is 4.08. The number of guanidine groups is 1. The Bertz CT molecular complexity index is 809. The molecule has 2 aromatic rings. The van der Waals surface area contributed by atoms with Crippen molar-refractivity contribution in [3.63, 3.8) is 0 Å². The summed E-state index contributed by atoms with van der Waals surface area (Å²) < 4.78 is 0. The fourth-order valence-corrected chi connectivity index (χ4v) is 2.33.